The summed E-state index contributed by atoms with van der Waals surface area (Å²) in [7, 11) is 0. The molecule has 3 saturated heterocycles. The number of anilines is 3. The number of nitrogens with zero attached hydrogens (tertiary/aromatic N) is 18. The molecule has 6 aromatic carbocycles. The van der Waals surface area contributed by atoms with E-state index >= 15 is 13.2 Å². The fourth-order valence-corrected chi connectivity index (χ4v) is 19.8. The van der Waals surface area contributed by atoms with Gasteiger partial charge in [0.05, 0.1) is 120 Å². The lowest BCUT2D eigenvalue weighted by molar-refractivity contribution is -0.127. The molecule has 0 bridgehead atoms. The number of H-pyrrole nitrogens is 3. The third-order valence-corrected chi connectivity index (χ3v) is 26.2. The first-order valence-electron chi connectivity index (χ1n) is 44.0. The van der Waals surface area contributed by atoms with Crippen LogP contribution in [0.3, 0.4) is 0 Å². The quantitative estimate of drug-likeness (QED) is 0.0957. The Bertz CT molecular complexity index is 6900. The summed E-state index contributed by atoms with van der Waals surface area (Å²) in [4.78, 5) is 119. The van der Waals surface area contributed by atoms with E-state index in [0.29, 0.717) is 160 Å². The fraction of sp³-hybridized carbons (Fsp3) is 0.303. The number of piperazine rings is 3. The molecule has 33 heteroatoms. The maximum atomic E-state index is 17.0. The Labute approximate surface area is 754 Å². The SMILES string of the molecule is C=CC(=O)N1CCN2c3nc(=O)n(-c4c(C)ccnc4C(C)C)c4cc(-c5c(C)ccc6[nH]ncc56)c(F)c(c34)OC[C@H]2C1.C=CC(=O)N1CCN2c3nc(=O)n(-c4c(C)ccnc4C(C)C)c4cc(-c5c(C)ccc6[nH]ncc56)c(F)c(c34)OC[C@H]2C1.C=CC(=O)N1CCN2c3nc(=O)n(-c4c(C)ccnc4C(C)C)c4cc(-c5c(C)ccc6[nH]ncc56)c(F)c(c34)OC[C@H]2C1. The number of aromatic amines is 3. The summed E-state index contributed by atoms with van der Waals surface area (Å²) in [5.41, 5.74) is 14.1. The fourth-order valence-electron chi connectivity index (χ4n) is 19.8. The molecular weight excluding hydrogens is 1680 g/mol. The van der Waals surface area contributed by atoms with Crippen molar-refractivity contribution in [1.82, 2.24) is 88.9 Å². The van der Waals surface area contributed by atoms with Gasteiger partial charge < -0.3 is 43.6 Å². The van der Waals surface area contributed by atoms with Crippen molar-refractivity contribution in [2.75, 3.05) is 93.4 Å². The Hall–Kier alpha value is -15.2. The van der Waals surface area contributed by atoms with Gasteiger partial charge in [-0.25, -0.2) is 27.6 Å². The van der Waals surface area contributed by atoms with E-state index in [2.05, 4.69) is 80.2 Å². The molecule has 3 atom stereocenters. The van der Waals surface area contributed by atoms with Gasteiger partial charge in [0.25, 0.3) is 0 Å². The number of hydrogen-bond acceptors (Lipinski definition) is 21. The Kier molecular flexibility index (Phi) is 22.0. The van der Waals surface area contributed by atoms with Crippen LogP contribution >= 0.6 is 0 Å². The van der Waals surface area contributed by atoms with Crippen molar-refractivity contribution in [1.29, 1.82) is 0 Å². The lowest BCUT2D eigenvalue weighted by Gasteiger charge is -2.40. The number of carbonyl (C=O) groups is 3. The van der Waals surface area contributed by atoms with Gasteiger partial charge in [0, 0.05) is 110 Å². The molecule has 0 aliphatic carbocycles. The number of nitrogens with one attached hydrogen (secondary N) is 3. The van der Waals surface area contributed by atoms with Gasteiger partial charge in [0.15, 0.2) is 34.7 Å². The number of amides is 3. The van der Waals surface area contributed by atoms with Crippen molar-refractivity contribution >= 4 is 101 Å². The molecule has 6 aliphatic heterocycles. The van der Waals surface area contributed by atoms with E-state index in [1.165, 1.54) is 18.2 Å². The third-order valence-electron chi connectivity index (χ3n) is 26.2. The van der Waals surface area contributed by atoms with E-state index in [1.54, 1.807) is 83.8 Å². The van der Waals surface area contributed by atoms with E-state index in [-0.39, 0.29) is 90.7 Å². The summed E-state index contributed by atoms with van der Waals surface area (Å²) in [5.74, 6) is -1.09. The lowest BCUT2D eigenvalue weighted by atomic mass is 9.94. The second-order valence-electron chi connectivity index (χ2n) is 35.3. The Balaban J connectivity index is 0.000000128. The first-order valence-corrected chi connectivity index (χ1v) is 44.0. The smallest absolute Gasteiger partial charge is 0.354 e. The van der Waals surface area contributed by atoms with Gasteiger partial charge in [-0.2, -0.15) is 30.2 Å². The van der Waals surface area contributed by atoms with Crippen molar-refractivity contribution in [2.45, 2.75) is 119 Å². The number of benzene rings is 6. The zero-order valence-corrected chi connectivity index (χ0v) is 75.1. The molecule has 15 heterocycles. The second kappa shape index (κ2) is 33.7. The normalized spacial score (nSPS) is 16.3. The standard InChI is InChI=1S/3C33H32FN7O3/c3*1-6-25(42)39-11-12-40-20(15-39)16-44-31-27-24(13-21(28(31)34)26-18(4)7-8-23-22(26)14-36-38-23)41(33(43)37-32(27)40)30-19(5)9-10-35-29(30)17(2)3/h3*6-10,13-14,17,20H,1,11-12,15-16H2,2-5H3,(H,36,38)/t3*20-/m111/s1. The van der Waals surface area contributed by atoms with E-state index in [0.717, 1.165) is 83.2 Å². The van der Waals surface area contributed by atoms with Gasteiger partial charge in [0.1, 0.15) is 37.3 Å². The highest BCUT2D eigenvalue weighted by Crippen LogP contribution is 2.51. The van der Waals surface area contributed by atoms with Crippen LogP contribution in [-0.2, 0) is 14.4 Å². The average molecular weight is 1780 g/mol. The zero-order chi connectivity index (χ0) is 92.6. The molecule has 6 aliphatic rings. The van der Waals surface area contributed by atoms with Crippen LogP contribution in [0.25, 0.3) is 116 Å². The predicted molar refractivity (Wildman–Crippen MR) is 501 cm³/mol. The number of hydrogen-bond donors (Lipinski definition) is 3. The molecule has 3 amide bonds. The van der Waals surface area contributed by atoms with Crippen molar-refractivity contribution < 1.29 is 41.8 Å². The molecule has 9 aromatic heterocycles. The highest BCUT2D eigenvalue weighted by Gasteiger charge is 2.43. The summed E-state index contributed by atoms with van der Waals surface area (Å²) in [6.45, 7) is 38.2. The minimum atomic E-state index is -0.548. The molecule has 3 fully saturated rings. The number of carbonyl (C=O) groups excluding carboxylic acids is 3. The molecule has 672 valence electrons. The highest BCUT2D eigenvalue weighted by molar-refractivity contribution is 6.08. The van der Waals surface area contributed by atoms with E-state index in [1.807, 2.05) is 152 Å². The molecule has 21 rings (SSSR count). The van der Waals surface area contributed by atoms with Gasteiger partial charge in [-0.15, -0.1) is 0 Å². The molecule has 30 nitrogen and oxygen atoms in total. The molecule has 0 unspecified atom stereocenters. The maximum absolute atomic E-state index is 17.0. The first-order chi connectivity index (χ1) is 63.6. The molecular formula is C99H96F3N21O9. The van der Waals surface area contributed by atoms with Gasteiger partial charge in [-0.3, -0.25) is 58.3 Å². The van der Waals surface area contributed by atoms with E-state index in [9.17, 15) is 28.8 Å². The number of fused-ring (bicyclic) bond motifs is 9. The van der Waals surface area contributed by atoms with Crippen LogP contribution in [-0.4, -0.2) is 203 Å². The minimum Gasteiger partial charge on any atom is -0.487 e. The number of aryl methyl sites for hydroxylation is 6. The summed E-state index contributed by atoms with van der Waals surface area (Å²) < 4.78 is 74.6. The topological polar surface area (TPSA) is 328 Å². The van der Waals surface area contributed by atoms with Crippen LogP contribution in [0.4, 0.5) is 30.6 Å². The maximum Gasteiger partial charge on any atom is 0.354 e. The molecule has 3 N–H and O–H groups in total. The van der Waals surface area contributed by atoms with Crippen LogP contribution in [0.2, 0.25) is 0 Å². The zero-order valence-electron chi connectivity index (χ0n) is 75.1. The summed E-state index contributed by atoms with van der Waals surface area (Å²) in [6, 6.07) is 21.2. The van der Waals surface area contributed by atoms with Crippen LogP contribution in [0, 0.1) is 59.0 Å². The predicted octanol–water partition coefficient (Wildman–Crippen LogP) is 14.4. The number of pyridine rings is 3. The molecule has 0 radical (unpaired) electrons. The monoisotopic (exact) mass is 1780 g/mol. The van der Waals surface area contributed by atoms with Crippen LogP contribution in [0.5, 0.6) is 17.2 Å². The van der Waals surface area contributed by atoms with Crippen LogP contribution in [0.1, 0.15) is 110 Å². The van der Waals surface area contributed by atoms with Crippen LogP contribution < -0.4 is 46.0 Å². The summed E-state index contributed by atoms with van der Waals surface area (Å²) in [5, 5.41) is 25.0. The van der Waals surface area contributed by atoms with Gasteiger partial charge in [0.2, 0.25) is 17.7 Å². The summed E-state index contributed by atoms with van der Waals surface area (Å²) >= 11 is 0. The van der Waals surface area contributed by atoms with Crippen molar-refractivity contribution in [3.05, 3.63) is 247 Å². The number of ether oxygens (including phenoxy) is 3. The second-order valence-corrected chi connectivity index (χ2v) is 35.3. The molecule has 0 spiro atoms. The number of aromatic nitrogens is 15. The Morgan fingerprint density at radius 2 is 0.674 bits per heavy atom. The Morgan fingerprint density at radius 3 is 0.932 bits per heavy atom. The third kappa shape index (κ3) is 14.2. The lowest BCUT2D eigenvalue weighted by Crippen LogP contribution is -2.56. The first kappa shape index (κ1) is 86.2. The van der Waals surface area contributed by atoms with Gasteiger partial charge >= 0.3 is 17.1 Å². The highest BCUT2D eigenvalue weighted by atomic mass is 19.1. The number of rotatable bonds is 12. The van der Waals surface area contributed by atoms with Gasteiger partial charge in [-0.05, 0) is 182 Å². The largest absolute Gasteiger partial charge is 0.487 e. The van der Waals surface area contributed by atoms with Crippen molar-refractivity contribution in [3.8, 4) is 67.7 Å². The van der Waals surface area contributed by atoms with Gasteiger partial charge in [-0.1, -0.05) is 79.5 Å². The molecule has 0 saturated carbocycles. The van der Waals surface area contributed by atoms with E-state index < -0.39 is 34.5 Å². The van der Waals surface area contributed by atoms with Crippen molar-refractivity contribution in [2.24, 2.45) is 0 Å². The summed E-state index contributed by atoms with van der Waals surface area (Å²) in [6.07, 6.45) is 14.1. The molecule has 15 aromatic rings. The number of halogens is 3. The van der Waals surface area contributed by atoms with Crippen LogP contribution in [0.15, 0.2) is 162 Å². The molecule has 132 heavy (non-hydrogen) atoms. The van der Waals surface area contributed by atoms with E-state index in [4.69, 9.17) is 14.2 Å². The minimum absolute atomic E-state index is 0.000345. The van der Waals surface area contributed by atoms with Crippen molar-refractivity contribution in [3.63, 3.8) is 0 Å². The average Bonchev–Trinajstić information content (AvgIpc) is 1.30. The Morgan fingerprint density at radius 1 is 0.402 bits per heavy atom.